The van der Waals surface area contributed by atoms with Gasteiger partial charge in [0.05, 0.1) is 29.3 Å². The number of sulfonamides is 1. The molecule has 1 amide bonds. The lowest BCUT2D eigenvalue weighted by molar-refractivity contribution is -0.121. The van der Waals surface area contributed by atoms with Gasteiger partial charge in [0.1, 0.15) is 5.75 Å². The number of rotatable bonds is 8. The molecule has 0 bridgehead atoms. The Morgan fingerprint density at radius 3 is 2.56 bits per heavy atom. The molecule has 0 radical (unpaired) electrons. The maximum atomic E-state index is 13.2. The minimum atomic E-state index is -3.63. The van der Waals surface area contributed by atoms with E-state index < -0.39 is 10.0 Å². The number of nitrogens with zero attached hydrogens (tertiary/aromatic N) is 4. The first-order valence-corrected chi connectivity index (χ1v) is 15.0. The van der Waals surface area contributed by atoms with Crippen molar-refractivity contribution in [1.82, 2.24) is 19.3 Å². The van der Waals surface area contributed by atoms with Crippen LogP contribution in [0, 0.1) is 5.92 Å². The Morgan fingerprint density at radius 1 is 1.10 bits per heavy atom. The van der Waals surface area contributed by atoms with E-state index in [1.807, 2.05) is 18.2 Å². The molecule has 3 aromatic rings. The lowest BCUT2D eigenvalue weighted by atomic mass is 9.96. The number of carbonyl (C=O) groups excluding carboxylic acids is 1. The molecule has 0 unspecified atom stereocenters. The third kappa shape index (κ3) is 6.27. The zero-order chi connectivity index (χ0) is 27.4. The topological polar surface area (TPSA) is 118 Å². The molecular formula is C27H32ClN5O5S. The standard InChI is InChI=1S/C27H32ClN5O5S/c1-37-24-10-9-20(39(35,36)33-13-5-2-6-14-33)17-23(24)29-27(34)19-11-15-32(16-12-19)18-25-30-26(31-38-25)21-7-3-4-8-22(21)28/h3-4,7-10,17,19H,2,5-6,11-16,18H2,1H3,(H,29,34). The number of benzene rings is 2. The number of aromatic nitrogens is 2. The van der Waals surface area contributed by atoms with Crippen molar-refractivity contribution in [2.75, 3.05) is 38.6 Å². The highest BCUT2D eigenvalue weighted by atomic mass is 35.5. The quantitative estimate of drug-likeness (QED) is 0.421. The minimum absolute atomic E-state index is 0.153. The van der Waals surface area contributed by atoms with E-state index in [1.165, 1.54) is 23.5 Å². The van der Waals surface area contributed by atoms with Gasteiger partial charge < -0.3 is 14.6 Å². The van der Waals surface area contributed by atoms with Gasteiger partial charge in [-0.2, -0.15) is 9.29 Å². The van der Waals surface area contributed by atoms with Crippen LogP contribution in [0.3, 0.4) is 0 Å². The highest BCUT2D eigenvalue weighted by Gasteiger charge is 2.29. The summed E-state index contributed by atoms with van der Waals surface area (Å²) in [6, 6.07) is 12.0. The van der Waals surface area contributed by atoms with Crippen LogP contribution in [0.5, 0.6) is 5.75 Å². The molecule has 2 aliphatic heterocycles. The summed E-state index contributed by atoms with van der Waals surface area (Å²) >= 11 is 6.24. The molecule has 2 aromatic carbocycles. The Morgan fingerprint density at radius 2 is 1.85 bits per heavy atom. The number of hydrogen-bond acceptors (Lipinski definition) is 8. The second-order valence-electron chi connectivity index (χ2n) is 9.86. The van der Waals surface area contributed by atoms with Crippen molar-refractivity contribution >= 4 is 33.2 Å². The summed E-state index contributed by atoms with van der Waals surface area (Å²) in [6.45, 7) is 2.87. The van der Waals surface area contributed by atoms with Gasteiger partial charge in [0, 0.05) is 24.6 Å². The molecule has 12 heteroatoms. The van der Waals surface area contributed by atoms with Gasteiger partial charge in [-0.1, -0.05) is 35.3 Å². The number of methoxy groups -OCH3 is 1. The Balaban J connectivity index is 1.19. The SMILES string of the molecule is COc1ccc(S(=O)(=O)N2CCCCC2)cc1NC(=O)C1CCN(Cc2nc(-c3ccccc3Cl)no2)CC1. The fraction of sp³-hybridized carbons (Fsp3) is 0.444. The second kappa shape index (κ2) is 12.0. The van der Waals surface area contributed by atoms with Crippen molar-refractivity contribution in [3.05, 3.63) is 53.4 Å². The normalized spacial score (nSPS) is 17.7. The molecule has 2 aliphatic rings. The zero-order valence-electron chi connectivity index (χ0n) is 21.8. The lowest BCUT2D eigenvalue weighted by Gasteiger charge is -2.30. The van der Waals surface area contributed by atoms with Crippen LogP contribution in [0.25, 0.3) is 11.4 Å². The van der Waals surface area contributed by atoms with Gasteiger partial charge in [-0.05, 0) is 69.1 Å². The number of nitrogens with one attached hydrogen (secondary N) is 1. The van der Waals surface area contributed by atoms with Crippen LogP contribution in [-0.4, -0.2) is 67.0 Å². The molecule has 10 nitrogen and oxygen atoms in total. The van der Waals surface area contributed by atoms with Gasteiger partial charge >= 0.3 is 0 Å². The summed E-state index contributed by atoms with van der Waals surface area (Å²) in [6.07, 6.45) is 4.03. The number of hydrogen-bond donors (Lipinski definition) is 1. The zero-order valence-corrected chi connectivity index (χ0v) is 23.4. The number of anilines is 1. The van der Waals surface area contributed by atoms with E-state index in [-0.39, 0.29) is 16.7 Å². The molecule has 5 rings (SSSR count). The van der Waals surface area contributed by atoms with Crippen LogP contribution in [0.4, 0.5) is 5.69 Å². The van der Waals surface area contributed by atoms with Crippen LogP contribution in [0.15, 0.2) is 51.9 Å². The summed E-state index contributed by atoms with van der Waals surface area (Å²) in [5.41, 5.74) is 1.08. The van der Waals surface area contributed by atoms with E-state index in [1.54, 1.807) is 12.1 Å². The van der Waals surface area contributed by atoms with E-state index in [2.05, 4.69) is 20.4 Å². The third-order valence-electron chi connectivity index (χ3n) is 7.28. The number of likely N-dealkylation sites (tertiary alicyclic amines) is 1. The average Bonchev–Trinajstić information content (AvgIpc) is 3.42. The fourth-order valence-electron chi connectivity index (χ4n) is 5.05. The van der Waals surface area contributed by atoms with Crippen LogP contribution in [0.2, 0.25) is 5.02 Å². The predicted molar refractivity (Wildman–Crippen MR) is 147 cm³/mol. The molecular weight excluding hydrogens is 542 g/mol. The van der Waals surface area contributed by atoms with Crippen molar-refractivity contribution in [1.29, 1.82) is 0 Å². The van der Waals surface area contributed by atoms with Gasteiger partial charge in [-0.15, -0.1) is 0 Å². The number of amides is 1. The number of carbonyl (C=O) groups is 1. The summed E-state index contributed by atoms with van der Waals surface area (Å²) < 4.78 is 38.7. The predicted octanol–water partition coefficient (Wildman–Crippen LogP) is 4.42. The maximum absolute atomic E-state index is 13.2. The van der Waals surface area contributed by atoms with Crippen molar-refractivity contribution < 1.29 is 22.5 Å². The Kier molecular flexibility index (Phi) is 8.51. The molecule has 208 valence electrons. The average molecular weight is 574 g/mol. The first-order chi connectivity index (χ1) is 18.8. The molecule has 3 heterocycles. The smallest absolute Gasteiger partial charge is 0.243 e. The molecule has 0 aliphatic carbocycles. The van der Waals surface area contributed by atoms with Crippen LogP contribution in [0.1, 0.15) is 38.0 Å². The first kappa shape index (κ1) is 27.6. The highest BCUT2D eigenvalue weighted by Crippen LogP contribution is 2.31. The van der Waals surface area contributed by atoms with E-state index >= 15 is 0 Å². The summed E-state index contributed by atoms with van der Waals surface area (Å²) in [5.74, 6) is 0.991. The molecule has 2 saturated heterocycles. The Hall–Kier alpha value is -2.99. The van der Waals surface area contributed by atoms with Crippen LogP contribution < -0.4 is 10.1 Å². The van der Waals surface area contributed by atoms with Crippen molar-refractivity contribution in [2.24, 2.45) is 5.92 Å². The third-order valence-corrected chi connectivity index (χ3v) is 9.51. The van der Waals surface area contributed by atoms with Gasteiger partial charge in [-0.25, -0.2) is 8.42 Å². The summed E-state index contributed by atoms with van der Waals surface area (Å²) in [4.78, 5) is 20.0. The van der Waals surface area contributed by atoms with Crippen molar-refractivity contribution in [2.45, 2.75) is 43.5 Å². The molecule has 2 fully saturated rings. The highest BCUT2D eigenvalue weighted by molar-refractivity contribution is 7.89. The maximum Gasteiger partial charge on any atom is 0.243 e. The molecule has 39 heavy (non-hydrogen) atoms. The van der Waals surface area contributed by atoms with Gasteiger partial charge in [-0.3, -0.25) is 9.69 Å². The number of ether oxygens (including phenoxy) is 1. The minimum Gasteiger partial charge on any atom is -0.495 e. The summed E-state index contributed by atoms with van der Waals surface area (Å²) in [7, 11) is -2.14. The summed E-state index contributed by atoms with van der Waals surface area (Å²) in [5, 5.41) is 7.53. The number of piperidine rings is 2. The second-order valence-corrected chi connectivity index (χ2v) is 12.2. The first-order valence-electron chi connectivity index (χ1n) is 13.1. The Labute approximate surface area is 233 Å². The molecule has 0 saturated carbocycles. The Bertz CT molecular complexity index is 1420. The molecule has 0 atom stereocenters. The lowest BCUT2D eigenvalue weighted by Crippen LogP contribution is -2.38. The van der Waals surface area contributed by atoms with E-state index in [0.717, 1.165) is 19.3 Å². The van der Waals surface area contributed by atoms with Gasteiger partial charge in [0.25, 0.3) is 0 Å². The van der Waals surface area contributed by atoms with Gasteiger partial charge in [0.15, 0.2) is 0 Å². The fourth-order valence-corrected chi connectivity index (χ4v) is 6.81. The largest absolute Gasteiger partial charge is 0.495 e. The van der Waals surface area contributed by atoms with E-state index in [9.17, 15) is 13.2 Å². The van der Waals surface area contributed by atoms with Crippen LogP contribution in [-0.2, 0) is 21.4 Å². The monoisotopic (exact) mass is 573 g/mol. The van der Waals surface area contributed by atoms with Crippen molar-refractivity contribution in [3.8, 4) is 17.1 Å². The van der Waals surface area contributed by atoms with E-state index in [4.69, 9.17) is 20.9 Å². The van der Waals surface area contributed by atoms with E-state index in [0.29, 0.717) is 79.3 Å². The number of halogens is 1. The van der Waals surface area contributed by atoms with Crippen LogP contribution >= 0.6 is 11.6 Å². The van der Waals surface area contributed by atoms with Crippen molar-refractivity contribution in [3.63, 3.8) is 0 Å². The molecule has 1 aromatic heterocycles. The molecule has 1 N–H and O–H groups in total. The molecule has 0 spiro atoms. The van der Waals surface area contributed by atoms with Gasteiger partial charge in [0.2, 0.25) is 27.6 Å².